The maximum Gasteiger partial charge on any atom is 0.261 e. The molecule has 5 heteroatoms. The predicted molar refractivity (Wildman–Crippen MR) is 59.4 cm³/mol. The zero-order chi connectivity index (χ0) is 11.2. The van der Waals surface area contributed by atoms with E-state index < -0.39 is 10.1 Å². The van der Waals surface area contributed by atoms with E-state index in [9.17, 15) is 8.42 Å². The first-order chi connectivity index (χ1) is 6.33. The second-order valence-corrected chi connectivity index (χ2v) is 5.47. The van der Waals surface area contributed by atoms with Crippen molar-refractivity contribution < 1.29 is 13.0 Å². The van der Waals surface area contributed by atoms with Gasteiger partial charge in [0.05, 0.1) is 6.26 Å². The summed E-state index contributed by atoms with van der Waals surface area (Å²) < 4.78 is 27.3. The molecule has 0 saturated carbocycles. The molecule has 0 unspecified atom stereocenters. The van der Waals surface area contributed by atoms with Crippen LogP contribution >= 0.6 is 0 Å². The van der Waals surface area contributed by atoms with Gasteiger partial charge in [-0.25, -0.2) is 0 Å². The summed E-state index contributed by atoms with van der Waals surface area (Å²) in [6.07, 6.45) is 2.58. The second kappa shape index (κ2) is 6.37. The van der Waals surface area contributed by atoms with Crippen LogP contribution in [-0.4, -0.2) is 47.2 Å². The molecule has 72 valence electrons. The largest absolute Gasteiger partial charge is 0.286 e. The first-order valence-corrected chi connectivity index (χ1v) is 6.79. The molecule has 0 amide bonds. The van der Waals surface area contributed by atoms with E-state index in [1.54, 1.807) is 0 Å². The minimum absolute atomic E-state index is 0.715. The van der Waals surface area contributed by atoms with E-state index in [2.05, 4.69) is 30.8 Å². The van der Waals surface area contributed by atoms with Gasteiger partial charge in [0.25, 0.3) is 10.1 Å². The summed E-state index contributed by atoms with van der Waals surface area (Å²) in [6, 6.07) is 8.47. The summed E-state index contributed by atoms with van der Waals surface area (Å²) in [6.45, 7) is 3.67. The first-order valence-electron chi connectivity index (χ1n) is 3.94. The maximum atomic E-state index is 9.19. The fraction of sp³-hybridized carbons (Fsp3) is 0.111. The van der Waals surface area contributed by atoms with Crippen LogP contribution in [0.3, 0.4) is 0 Å². The molecule has 0 heterocycles. The van der Waals surface area contributed by atoms with E-state index in [0.29, 0.717) is 6.26 Å². The maximum absolute atomic E-state index is 9.19. The minimum atomic E-state index is -3.67. The Balaban J connectivity index is 0.000000292. The van der Waals surface area contributed by atoms with Crippen LogP contribution in [0.1, 0.15) is 5.56 Å². The van der Waals surface area contributed by atoms with Gasteiger partial charge in [-0.1, -0.05) is 0 Å². The quantitative estimate of drug-likeness (QED) is 0.560. The van der Waals surface area contributed by atoms with Gasteiger partial charge in [0, 0.05) is 0 Å². The molecule has 0 aliphatic rings. The Morgan fingerprint density at radius 1 is 1.36 bits per heavy atom. The Hall–Kier alpha value is -0.130. The van der Waals surface area contributed by atoms with Crippen molar-refractivity contribution in [2.45, 2.75) is 0 Å². The molecule has 0 atom stereocenters. The molecule has 14 heavy (non-hydrogen) atoms. The van der Waals surface area contributed by atoms with Crippen molar-refractivity contribution in [3.05, 3.63) is 36.4 Å². The van der Waals surface area contributed by atoms with Crippen LogP contribution in [0.15, 0.2) is 30.8 Å². The fourth-order valence-electron chi connectivity index (χ4n) is 0.703. The summed E-state index contributed by atoms with van der Waals surface area (Å²) in [5.41, 5.74) is 1.20. The van der Waals surface area contributed by atoms with E-state index in [1.165, 1.54) is 8.38 Å². The van der Waals surface area contributed by atoms with Crippen LogP contribution in [0, 0.1) is 0 Å². The van der Waals surface area contributed by atoms with E-state index in [0.717, 1.165) is 27.9 Å². The van der Waals surface area contributed by atoms with Gasteiger partial charge in [0.2, 0.25) is 0 Å². The number of rotatable bonds is 1. The molecule has 0 aliphatic carbocycles. The molecular formula is C9H11NaO3S. The molecular weight excluding hydrogens is 211 g/mol. The summed E-state index contributed by atoms with van der Waals surface area (Å²) in [5.74, 6) is 0. The summed E-state index contributed by atoms with van der Waals surface area (Å²) in [5, 5.41) is 0. The minimum Gasteiger partial charge on any atom is -0.286 e. The van der Waals surface area contributed by atoms with Crippen molar-refractivity contribution >= 4 is 46.9 Å². The Morgan fingerprint density at radius 3 is 2.00 bits per heavy atom. The zero-order valence-electron chi connectivity index (χ0n) is 8.27. The summed E-state index contributed by atoms with van der Waals surface area (Å²) in [4.78, 5) is 0. The molecule has 0 fully saturated rings. The molecule has 1 aromatic rings. The van der Waals surface area contributed by atoms with Gasteiger partial charge in [-0.15, -0.1) is 0 Å². The molecule has 0 spiro atoms. The smallest absolute Gasteiger partial charge is 0.261 e. The van der Waals surface area contributed by atoms with Crippen LogP contribution in [0.2, 0.25) is 0 Å². The van der Waals surface area contributed by atoms with Crippen molar-refractivity contribution in [3.8, 4) is 0 Å². The number of hydrogen-bond donors (Lipinski definition) is 1. The Bertz CT molecular complexity index is 373. The molecule has 0 radical (unpaired) electrons. The van der Waals surface area contributed by atoms with Crippen molar-refractivity contribution in [1.82, 2.24) is 0 Å². The Morgan fingerprint density at radius 2 is 1.71 bits per heavy atom. The van der Waals surface area contributed by atoms with Crippen LogP contribution in [0.5, 0.6) is 0 Å². The Kier molecular flexibility index (Phi) is 6.31. The molecule has 0 saturated heterocycles. The van der Waals surface area contributed by atoms with Gasteiger partial charge < -0.3 is 0 Å². The van der Waals surface area contributed by atoms with Gasteiger partial charge in [-0.05, 0) is 0 Å². The number of hydrogen-bond acceptors (Lipinski definition) is 2. The van der Waals surface area contributed by atoms with Gasteiger partial charge >= 0.3 is 73.2 Å². The van der Waals surface area contributed by atoms with E-state index >= 15 is 0 Å². The molecule has 0 bridgehead atoms. The van der Waals surface area contributed by atoms with E-state index in [1.807, 2.05) is 6.08 Å². The van der Waals surface area contributed by atoms with Gasteiger partial charge in [-0.2, -0.15) is 8.42 Å². The third kappa shape index (κ3) is 9.95. The topological polar surface area (TPSA) is 54.4 Å². The average molecular weight is 222 g/mol. The van der Waals surface area contributed by atoms with Crippen LogP contribution in [0.25, 0.3) is 6.08 Å². The van der Waals surface area contributed by atoms with Crippen LogP contribution in [0.4, 0.5) is 0 Å². The summed E-state index contributed by atoms with van der Waals surface area (Å²) in [7, 11) is -3.67. The first kappa shape index (κ1) is 13.9. The average Bonchev–Trinajstić information content (AvgIpc) is 2.03. The standard InChI is InChI=1S/C8H7.CH4O3S.Na/c1-2-8-6-4-3-5-7-8;1-5(2,3)4;/h2,4-7H,1H2;1H3,(H,2,3,4);. The van der Waals surface area contributed by atoms with Crippen molar-refractivity contribution in [2.75, 3.05) is 6.26 Å². The Labute approximate surface area is 102 Å². The summed E-state index contributed by atoms with van der Waals surface area (Å²) >= 11 is 1.14. The van der Waals surface area contributed by atoms with Gasteiger partial charge in [0.15, 0.2) is 0 Å². The second-order valence-electron chi connectivity index (χ2n) is 2.85. The third-order valence-electron chi connectivity index (χ3n) is 1.31. The zero-order valence-corrected chi connectivity index (χ0v) is 11.1. The van der Waals surface area contributed by atoms with Crippen LogP contribution in [-0.2, 0) is 10.1 Å². The molecule has 0 aliphatic heterocycles. The third-order valence-corrected chi connectivity index (χ3v) is 1.98. The van der Waals surface area contributed by atoms with Crippen LogP contribution < -0.4 is 2.81 Å². The SMILES string of the molecule is C=Cc1cc[c]([Na])cc1.CS(=O)(=O)O. The van der Waals surface area contributed by atoms with Gasteiger partial charge in [-0.3, -0.25) is 4.55 Å². The van der Waals surface area contributed by atoms with Crippen molar-refractivity contribution in [3.63, 3.8) is 0 Å². The normalized spacial score (nSPS) is 10.0. The molecule has 1 N–H and O–H groups in total. The molecule has 1 rings (SSSR count). The molecule has 3 nitrogen and oxygen atoms in total. The van der Waals surface area contributed by atoms with Crippen molar-refractivity contribution in [2.24, 2.45) is 0 Å². The number of benzene rings is 1. The fourth-order valence-corrected chi connectivity index (χ4v) is 1.04. The predicted octanol–water partition coefficient (Wildman–Crippen LogP) is 0.627. The molecule has 1 aromatic carbocycles. The van der Waals surface area contributed by atoms with E-state index in [-0.39, 0.29) is 0 Å². The molecule has 0 aromatic heterocycles. The van der Waals surface area contributed by atoms with Crippen molar-refractivity contribution in [1.29, 1.82) is 0 Å². The van der Waals surface area contributed by atoms with E-state index in [4.69, 9.17) is 4.55 Å². The monoisotopic (exact) mass is 222 g/mol. The van der Waals surface area contributed by atoms with Gasteiger partial charge in [0.1, 0.15) is 0 Å².